The molecule has 0 saturated carbocycles. The number of carbonyl (C=O) groups is 2. The Balaban J connectivity index is 0.00000353. The van der Waals surface area contributed by atoms with Crippen LogP contribution in [0.15, 0.2) is 108 Å². The molecular formula is C30H31N5O3. The van der Waals surface area contributed by atoms with Crippen LogP contribution in [-0.4, -0.2) is 32.6 Å². The average Bonchev–Trinajstić information content (AvgIpc) is 3.65. The molecule has 4 aromatic rings. The first-order chi connectivity index (χ1) is 18.5. The fourth-order valence-electron chi connectivity index (χ4n) is 4.57. The molecule has 0 spiro atoms. The van der Waals surface area contributed by atoms with Gasteiger partial charge in [0, 0.05) is 43.9 Å². The summed E-state index contributed by atoms with van der Waals surface area (Å²) in [5.41, 5.74) is 4.07. The number of hydrogen-bond acceptors (Lipinski definition) is 5. The third kappa shape index (κ3) is 5.34. The second kappa shape index (κ2) is 11.1. The first kappa shape index (κ1) is 25.0. The Morgan fingerprint density at radius 2 is 1.92 bits per heavy atom. The molecule has 194 valence electrons. The van der Waals surface area contributed by atoms with Crippen LogP contribution in [0.1, 0.15) is 43.4 Å². The number of nitrogens with one attached hydrogen (secondary N) is 1. The number of allylic oxidation sites excluding steroid dienone is 2. The Bertz CT molecular complexity index is 1460. The maximum Gasteiger partial charge on any atom is 0.294 e. The van der Waals surface area contributed by atoms with E-state index in [1.165, 1.54) is 11.2 Å². The van der Waals surface area contributed by atoms with Gasteiger partial charge in [0.15, 0.2) is 5.76 Å². The quantitative estimate of drug-likeness (QED) is 0.339. The monoisotopic (exact) mass is 509 g/mol. The van der Waals surface area contributed by atoms with E-state index in [0.717, 1.165) is 29.5 Å². The minimum Gasteiger partial charge on any atom is -0.459 e. The Labute approximate surface area is 222 Å². The minimum atomic E-state index is -0.985. The molecule has 5 rings (SSSR count). The summed E-state index contributed by atoms with van der Waals surface area (Å²) in [6.07, 6.45) is 16.6. The van der Waals surface area contributed by atoms with Crippen LogP contribution >= 0.6 is 0 Å². The fourth-order valence-corrected chi connectivity index (χ4v) is 4.57. The van der Waals surface area contributed by atoms with Crippen molar-refractivity contribution in [3.63, 3.8) is 0 Å². The second-order valence-corrected chi connectivity index (χ2v) is 9.21. The first-order valence-electron chi connectivity index (χ1n) is 12.5. The average molecular weight is 510 g/mol. The zero-order valence-electron chi connectivity index (χ0n) is 21.3. The maximum atomic E-state index is 14.0. The van der Waals surface area contributed by atoms with Crippen LogP contribution in [0.5, 0.6) is 0 Å². The highest BCUT2D eigenvalue weighted by Gasteiger charge is 2.35. The molecule has 8 nitrogen and oxygen atoms in total. The number of rotatable bonds is 8. The van der Waals surface area contributed by atoms with Crippen LogP contribution in [0.4, 0.5) is 5.69 Å². The van der Waals surface area contributed by atoms with Gasteiger partial charge in [-0.15, -0.1) is 0 Å². The molecule has 2 atom stereocenters. The van der Waals surface area contributed by atoms with E-state index in [2.05, 4.69) is 27.6 Å². The van der Waals surface area contributed by atoms with E-state index in [1.807, 2.05) is 50.5 Å². The number of pyridine rings is 1. The van der Waals surface area contributed by atoms with Crippen LogP contribution in [0, 0.1) is 0 Å². The van der Waals surface area contributed by atoms with Gasteiger partial charge in [0.05, 0.1) is 18.5 Å². The summed E-state index contributed by atoms with van der Waals surface area (Å²) >= 11 is 0. The van der Waals surface area contributed by atoms with E-state index in [9.17, 15) is 9.59 Å². The normalized spacial score (nSPS) is 14.4. The van der Waals surface area contributed by atoms with Gasteiger partial charge >= 0.3 is 0 Å². The molecule has 1 aliphatic rings. The summed E-state index contributed by atoms with van der Waals surface area (Å²) in [6, 6.07) is 13.1. The number of amides is 2. The van der Waals surface area contributed by atoms with Crippen LogP contribution in [0.2, 0.25) is 0 Å². The standard InChI is InChI=1S/C30H29N5O3.H2/c1-21(22-8-4-3-5-9-22)33-29(36)28(24-10-6-16-31-18-24)35(30(37)27-11-7-17-38-27)26-14-12-23(13-15-26)25-19-32-34(2)20-25;/h4,6-21,28H,3,5H2,1-2H3,(H,33,36);1H/t21-,28?;/m0./s1. The smallest absolute Gasteiger partial charge is 0.294 e. The number of benzene rings is 1. The van der Waals surface area contributed by atoms with Crippen molar-refractivity contribution < 1.29 is 15.4 Å². The molecule has 1 aromatic carbocycles. The fraction of sp³-hybridized carbons (Fsp3) is 0.200. The largest absolute Gasteiger partial charge is 0.459 e. The molecule has 1 aliphatic carbocycles. The van der Waals surface area contributed by atoms with Gasteiger partial charge in [0.25, 0.3) is 5.91 Å². The number of aromatic nitrogens is 3. The van der Waals surface area contributed by atoms with Crippen molar-refractivity contribution >= 4 is 17.5 Å². The van der Waals surface area contributed by atoms with Gasteiger partial charge in [-0.05, 0) is 61.2 Å². The topological polar surface area (TPSA) is 93.3 Å². The van der Waals surface area contributed by atoms with E-state index in [0.29, 0.717) is 11.3 Å². The van der Waals surface area contributed by atoms with Crippen LogP contribution in [0.25, 0.3) is 11.1 Å². The van der Waals surface area contributed by atoms with Crippen molar-refractivity contribution in [3.8, 4) is 11.1 Å². The SMILES string of the molecule is C[C@H](NC(=O)C(c1cccnc1)N(C(=O)c1ccco1)c1ccc(-c2cnn(C)c2)cc1)C1=CCCC=C1.[HH]. The van der Waals surface area contributed by atoms with Crippen molar-refractivity contribution in [1.29, 1.82) is 0 Å². The van der Waals surface area contributed by atoms with Crippen molar-refractivity contribution in [2.75, 3.05) is 4.90 Å². The first-order valence-corrected chi connectivity index (χ1v) is 12.5. The minimum absolute atomic E-state index is 0. The predicted molar refractivity (Wildman–Crippen MR) is 147 cm³/mol. The maximum absolute atomic E-state index is 14.0. The molecule has 0 fully saturated rings. The molecule has 1 unspecified atom stereocenters. The number of furan rings is 1. The molecular weight excluding hydrogens is 478 g/mol. The molecule has 38 heavy (non-hydrogen) atoms. The summed E-state index contributed by atoms with van der Waals surface area (Å²) in [5.74, 6) is -0.617. The van der Waals surface area contributed by atoms with Crippen molar-refractivity contribution in [3.05, 3.63) is 115 Å². The molecule has 3 aromatic heterocycles. The van der Waals surface area contributed by atoms with Crippen molar-refractivity contribution in [2.24, 2.45) is 7.05 Å². The summed E-state index contributed by atoms with van der Waals surface area (Å²) in [6.45, 7) is 1.95. The predicted octanol–water partition coefficient (Wildman–Crippen LogP) is 5.49. The van der Waals surface area contributed by atoms with E-state index >= 15 is 0 Å². The molecule has 8 heteroatoms. The van der Waals surface area contributed by atoms with Gasteiger partial charge in [0.2, 0.25) is 5.91 Å². The summed E-state index contributed by atoms with van der Waals surface area (Å²) in [7, 11) is 1.86. The Kier molecular flexibility index (Phi) is 7.31. The molecule has 0 radical (unpaired) electrons. The van der Waals surface area contributed by atoms with Crippen molar-refractivity contribution in [1.82, 2.24) is 20.1 Å². The van der Waals surface area contributed by atoms with Gasteiger partial charge in [-0.25, -0.2) is 0 Å². The lowest BCUT2D eigenvalue weighted by molar-refractivity contribution is -0.122. The van der Waals surface area contributed by atoms with E-state index in [-0.39, 0.29) is 19.1 Å². The second-order valence-electron chi connectivity index (χ2n) is 9.21. The molecule has 0 saturated heterocycles. The van der Waals surface area contributed by atoms with Crippen LogP contribution < -0.4 is 10.2 Å². The number of nitrogens with zero attached hydrogens (tertiary/aromatic N) is 4. The molecule has 1 N–H and O–H groups in total. The highest BCUT2D eigenvalue weighted by atomic mass is 16.3. The van der Waals surface area contributed by atoms with Gasteiger partial charge in [-0.3, -0.25) is 24.2 Å². The Morgan fingerprint density at radius 1 is 1.08 bits per heavy atom. The third-order valence-electron chi connectivity index (χ3n) is 6.52. The Hall–Kier alpha value is -4.72. The zero-order chi connectivity index (χ0) is 26.5. The summed E-state index contributed by atoms with van der Waals surface area (Å²) in [5, 5.41) is 7.36. The molecule has 2 amide bonds. The molecule has 3 heterocycles. The van der Waals surface area contributed by atoms with Gasteiger partial charge in [-0.2, -0.15) is 5.10 Å². The lowest BCUT2D eigenvalue weighted by atomic mass is 9.99. The number of carbonyl (C=O) groups excluding carboxylic acids is 2. The van der Waals surface area contributed by atoms with Crippen LogP contribution in [0.3, 0.4) is 0 Å². The van der Waals surface area contributed by atoms with Gasteiger partial charge in [0.1, 0.15) is 6.04 Å². The highest BCUT2D eigenvalue weighted by molar-refractivity contribution is 6.08. The number of hydrogen-bond donors (Lipinski definition) is 1. The van der Waals surface area contributed by atoms with E-state index in [1.54, 1.807) is 47.5 Å². The van der Waals surface area contributed by atoms with Crippen LogP contribution in [-0.2, 0) is 11.8 Å². The third-order valence-corrected chi connectivity index (χ3v) is 6.52. The van der Waals surface area contributed by atoms with Gasteiger partial charge < -0.3 is 9.73 Å². The number of anilines is 1. The van der Waals surface area contributed by atoms with E-state index in [4.69, 9.17) is 4.42 Å². The zero-order valence-corrected chi connectivity index (χ0v) is 21.3. The summed E-state index contributed by atoms with van der Waals surface area (Å²) in [4.78, 5) is 33.5. The number of aryl methyl sites for hydroxylation is 1. The lowest BCUT2D eigenvalue weighted by Gasteiger charge is -2.32. The highest BCUT2D eigenvalue weighted by Crippen LogP contribution is 2.32. The molecule has 0 aliphatic heterocycles. The van der Waals surface area contributed by atoms with Crippen molar-refractivity contribution in [2.45, 2.75) is 31.8 Å². The summed E-state index contributed by atoms with van der Waals surface area (Å²) < 4.78 is 7.20. The van der Waals surface area contributed by atoms with E-state index < -0.39 is 11.9 Å². The van der Waals surface area contributed by atoms with Gasteiger partial charge in [-0.1, -0.05) is 36.4 Å². The lowest BCUT2D eigenvalue weighted by Crippen LogP contribution is -2.46. The molecule has 0 bridgehead atoms. The Morgan fingerprint density at radius 3 is 2.55 bits per heavy atom.